The van der Waals surface area contributed by atoms with Gasteiger partial charge >= 0.3 is 0 Å². The number of aliphatic hydroxyl groups is 1. The lowest BCUT2D eigenvalue weighted by Gasteiger charge is -2.33. The van der Waals surface area contributed by atoms with Crippen LogP contribution in [-0.4, -0.2) is 51.7 Å². The molecular weight excluding hydrogens is 330 g/mol. The minimum atomic E-state index is -3.62. The highest BCUT2D eigenvalue weighted by Crippen LogP contribution is 2.35. The molecule has 1 aliphatic rings. The van der Waals surface area contributed by atoms with Crippen molar-refractivity contribution >= 4 is 10.0 Å². The van der Waals surface area contributed by atoms with Crippen molar-refractivity contribution in [2.24, 2.45) is 5.92 Å². The van der Waals surface area contributed by atoms with Gasteiger partial charge in [0.15, 0.2) is 11.5 Å². The fourth-order valence-electron chi connectivity index (χ4n) is 3.28. The zero-order valence-corrected chi connectivity index (χ0v) is 15.6. The van der Waals surface area contributed by atoms with Crippen LogP contribution < -0.4 is 9.47 Å². The van der Waals surface area contributed by atoms with Gasteiger partial charge in [-0.25, -0.2) is 8.42 Å². The van der Waals surface area contributed by atoms with Crippen LogP contribution in [0.5, 0.6) is 11.5 Å². The van der Waals surface area contributed by atoms with Crippen LogP contribution in [0.3, 0.4) is 0 Å². The summed E-state index contributed by atoms with van der Waals surface area (Å²) in [5.41, 5.74) is 0.628. The summed E-state index contributed by atoms with van der Waals surface area (Å²) in [5.74, 6) is 1.21. The molecule has 1 N–H and O–H groups in total. The third-order valence-electron chi connectivity index (χ3n) is 4.93. The number of ether oxygens (including phenoxy) is 2. The van der Waals surface area contributed by atoms with Gasteiger partial charge < -0.3 is 14.6 Å². The van der Waals surface area contributed by atoms with Crippen LogP contribution in [0.2, 0.25) is 0 Å². The summed E-state index contributed by atoms with van der Waals surface area (Å²) in [6.45, 7) is 1.93. The van der Waals surface area contributed by atoms with E-state index in [0.29, 0.717) is 23.0 Å². The number of hydrogen-bond acceptors (Lipinski definition) is 5. The molecule has 0 saturated heterocycles. The third-order valence-corrected chi connectivity index (χ3v) is 6.98. The molecule has 0 atom stereocenters. The van der Waals surface area contributed by atoms with E-state index in [9.17, 15) is 13.5 Å². The molecule has 0 radical (unpaired) electrons. The number of methoxy groups -OCH3 is 2. The molecule has 1 fully saturated rings. The van der Waals surface area contributed by atoms with Gasteiger partial charge in [0.25, 0.3) is 0 Å². The average molecular weight is 357 g/mol. The van der Waals surface area contributed by atoms with Gasteiger partial charge in [0.2, 0.25) is 10.0 Å². The van der Waals surface area contributed by atoms with Crippen molar-refractivity contribution in [3.8, 4) is 11.5 Å². The van der Waals surface area contributed by atoms with Crippen molar-refractivity contribution in [2.75, 3.05) is 27.9 Å². The summed E-state index contributed by atoms with van der Waals surface area (Å²) in [5, 5.41) is 9.24. The molecule has 0 bridgehead atoms. The quantitative estimate of drug-likeness (QED) is 0.844. The first-order chi connectivity index (χ1) is 11.3. The highest BCUT2D eigenvalue weighted by atomic mass is 32.2. The van der Waals surface area contributed by atoms with Crippen LogP contribution in [0, 0.1) is 12.8 Å². The number of aliphatic hydroxyl groups excluding tert-OH is 1. The van der Waals surface area contributed by atoms with E-state index in [1.165, 1.54) is 24.6 Å². The summed E-state index contributed by atoms with van der Waals surface area (Å²) in [6.07, 6.45) is 3.25. The van der Waals surface area contributed by atoms with Crippen molar-refractivity contribution in [3.63, 3.8) is 0 Å². The number of benzene rings is 1. The lowest BCUT2D eigenvalue weighted by atomic mass is 9.87. The Labute approximate surface area is 144 Å². The van der Waals surface area contributed by atoms with E-state index < -0.39 is 10.0 Å². The van der Waals surface area contributed by atoms with Crippen molar-refractivity contribution in [2.45, 2.75) is 43.5 Å². The van der Waals surface area contributed by atoms with E-state index in [1.807, 2.05) is 0 Å². The molecule has 1 saturated carbocycles. The maximum atomic E-state index is 13.1. The van der Waals surface area contributed by atoms with Gasteiger partial charge in [-0.05, 0) is 50.2 Å². The predicted octanol–water partition coefficient (Wildman–Crippen LogP) is 2.18. The SMILES string of the molecule is COc1cc(C)c(S(=O)(=O)N(C)C2CCC(CO)CC2)cc1OC. The lowest BCUT2D eigenvalue weighted by molar-refractivity contribution is 0.159. The van der Waals surface area contributed by atoms with Crippen LogP contribution in [0.25, 0.3) is 0 Å². The lowest BCUT2D eigenvalue weighted by Crippen LogP contribution is -2.40. The van der Waals surface area contributed by atoms with Crippen LogP contribution in [0.4, 0.5) is 0 Å². The molecule has 0 spiro atoms. The van der Waals surface area contributed by atoms with Crippen molar-refractivity contribution in [1.29, 1.82) is 0 Å². The predicted molar refractivity (Wildman–Crippen MR) is 92.1 cm³/mol. The maximum Gasteiger partial charge on any atom is 0.243 e. The Hall–Kier alpha value is -1.31. The molecule has 1 aromatic rings. The standard InChI is InChI=1S/C17H27NO5S/c1-12-9-15(22-3)16(23-4)10-17(12)24(20,21)18(2)14-7-5-13(11-19)6-8-14/h9-10,13-14,19H,5-8,11H2,1-4H3. The van der Waals surface area contributed by atoms with E-state index in [4.69, 9.17) is 9.47 Å². The Morgan fingerprint density at radius 1 is 1.12 bits per heavy atom. The highest BCUT2D eigenvalue weighted by molar-refractivity contribution is 7.89. The van der Waals surface area contributed by atoms with Gasteiger partial charge in [-0.15, -0.1) is 0 Å². The first-order valence-corrected chi connectivity index (χ1v) is 9.60. The van der Waals surface area contributed by atoms with Gasteiger partial charge in [-0.2, -0.15) is 4.31 Å². The average Bonchev–Trinajstić information content (AvgIpc) is 2.60. The monoisotopic (exact) mass is 357 g/mol. The van der Waals surface area contributed by atoms with Crippen molar-refractivity contribution < 1.29 is 23.0 Å². The third kappa shape index (κ3) is 3.68. The number of sulfonamides is 1. The summed E-state index contributed by atoms with van der Waals surface area (Å²) < 4.78 is 38.0. The second kappa shape index (κ2) is 7.72. The van der Waals surface area contributed by atoms with Crippen LogP contribution in [0.1, 0.15) is 31.2 Å². The second-order valence-electron chi connectivity index (χ2n) is 6.35. The van der Waals surface area contributed by atoms with Crippen LogP contribution >= 0.6 is 0 Å². The van der Waals surface area contributed by atoms with Gasteiger partial charge in [0.05, 0.1) is 19.1 Å². The minimum absolute atomic E-state index is 0.0368. The van der Waals surface area contributed by atoms with E-state index in [0.717, 1.165) is 25.7 Å². The Morgan fingerprint density at radius 3 is 2.17 bits per heavy atom. The Balaban J connectivity index is 2.30. The maximum absolute atomic E-state index is 13.1. The van der Waals surface area contributed by atoms with Crippen LogP contribution in [-0.2, 0) is 10.0 Å². The molecule has 0 aromatic heterocycles. The molecule has 0 amide bonds. The first-order valence-electron chi connectivity index (χ1n) is 8.16. The number of nitrogens with zero attached hydrogens (tertiary/aromatic N) is 1. The van der Waals surface area contributed by atoms with E-state index in [-0.39, 0.29) is 17.5 Å². The van der Waals surface area contributed by atoms with Gasteiger partial charge in [-0.3, -0.25) is 0 Å². The number of rotatable bonds is 6. The number of hydrogen-bond donors (Lipinski definition) is 1. The van der Waals surface area contributed by atoms with E-state index in [1.54, 1.807) is 20.0 Å². The Morgan fingerprint density at radius 2 is 1.67 bits per heavy atom. The normalized spacial score (nSPS) is 21.8. The topological polar surface area (TPSA) is 76.1 Å². The summed E-state index contributed by atoms with van der Waals surface area (Å²) in [6, 6.07) is 3.17. The molecule has 1 aliphatic carbocycles. The molecule has 7 heteroatoms. The van der Waals surface area contributed by atoms with Gasteiger partial charge in [0.1, 0.15) is 0 Å². The van der Waals surface area contributed by atoms with E-state index in [2.05, 4.69) is 0 Å². The largest absolute Gasteiger partial charge is 0.493 e. The number of aryl methyl sites for hydroxylation is 1. The molecule has 6 nitrogen and oxygen atoms in total. The minimum Gasteiger partial charge on any atom is -0.493 e. The Kier molecular flexibility index (Phi) is 6.11. The molecule has 2 rings (SSSR count). The van der Waals surface area contributed by atoms with Crippen molar-refractivity contribution in [1.82, 2.24) is 4.31 Å². The zero-order valence-electron chi connectivity index (χ0n) is 14.8. The summed E-state index contributed by atoms with van der Waals surface area (Å²) in [4.78, 5) is 0.243. The molecular formula is C17H27NO5S. The summed E-state index contributed by atoms with van der Waals surface area (Å²) >= 11 is 0. The van der Waals surface area contributed by atoms with Crippen LogP contribution in [0.15, 0.2) is 17.0 Å². The molecule has 0 aliphatic heterocycles. The fraction of sp³-hybridized carbons (Fsp3) is 0.647. The molecule has 24 heavy (non-hydrogen) atoms. The summed E-state index contributed by atoms with van der Waals surface area (Å²) in [7, 11) is 1.03. The van der Waals surface area contributed by atoms with Gasteiger partial charge in [-0.1, -0.05) is 0 Å². The highest BCUT2D eigenvalue weighted by Gasteiger charge is 2.32. The van der Waals surface area contributed by atoms with Crippen molar-refractivity contribution in [3.05, 3.63) is 17.7 Å². The molecule has 0 heterocycles. The zero-order chi connectivity index (χ0) is 17.9. The smallest absolute Gasteiger partial charge is 0.243 e. The second-order valence-corrected chi connectivity index (χ2v) is 8.32. The molecule has 0 unspecified atom stereocenters. The Bertz CT molecular complexity index is 666. The van der Waals surface area contributed by atoms with E-state index >= 15 is 0 Å². The molecule has 136 valence electrons. The van der Waals surface area contributed by atoms with Gasteiger partial charge in [0, 0.05) is 25.8 Å². The first kappa shape index (κ1) is 19.0. The molecule has 1 aromatic carbocycles. The fourth-order valence-corrected chi connectivity index (χ4v) is 4.92.